The van der Waals surface area contributed by atoms with Crippen LogP contribution in [0.4, 0.5) is 0 Å². The van der Waals surface area contributed by atoms with Gasteiger partial charge in [-0.2, -0.15) is 0 Å². The summed E-state index contributed by atoms with van der Waals surface area (Å²) >= 11 is 0. The summed E-state index contributed by atoms with van der Waals surface area (Å²) in [5, 5.41) is 0. The molecule has 1 fully saturated rings. The monoisotopic (exact) mass is 231 g/mol. The molecule has 2 heteroatoms. The van der Waals surface area contributed by atoms with Gasteiger partial charge in [-0.15, -0.1) is 0 Å². The van der Waals surface area contributed by atoms with Crippen molar-refractivity contribution in [2.24, 2.45) is 0 Å². The first kappa shape index (κ1) is 12.2. The molecule has 1 amide bonds. The highest BCUT2D eigenvalue weighted by Crippen LogP contribution is 2.20. The van der Waals surface area contributed by atoms with Gasteiger partial charge in [-0.05, 0) is 24.8 Å². The lowest BCUT2D eigenvalue weighted by Gasteiger charge is -2.27. The predicted molar refractivity (Wildman–Crippen MR) is 69.8 cm³/mol. The minimum Gasteiger partial charge on any atom is -0.339 e. The van der Waals surface area contributed by atoms with Gasteiger partial charge >= 0.3 is 0 Å². The van der Waals surface area contributed by atoms with Gasteiger partial charge in [0, 0.05) is 19.0 Å². The van der Waals surface area contributed by atoms with Crippen LogP contribution in [-0.4, -0.2) is 23.4 Å². The third kappa shape index (κ3) is 3.09. The zero-order valence-electron chi connectivity index (χ0n) is 10.6. The summed E-state index contributed by atoms with van der Waals surface area (Å²) in [6.07, 6.45) is 5.03. The number of benzene rings is 1. The molecule has 1 saturated heterocycles. The van der Waals surface area contributed by atoms with E-state index in [2.05, 4.69) is 36.1 Å². The fourth-order valence-corrected chi connectivity index (χ4v) is 2.64. The maximum atomic E-state index is 11.8. The number of hydrogen-bond acceptors (Lipinski definition) is 1. The van der Waals surface area contributed by atoms with Crippen molar-refractivity contribution in [1.29, 1.82) is 0 Å². The molecule has 1 aromatic carbocycles. The van der Waals surface area contributed by atoms with E-state index in [9.17, 15) is 4.79 Å². The number of nitrogens with zero attached hydrogens (tertiary/aromatic N) is 1. The normalized spacial score (nSPS) is 17.5. The van der Waals surface area contributed by atoms with E-state index in [-0.39, 0.29) is 0 Å². The van der Waals surface area contributed by atoms with Gasteiger partial charge in [0.25, 0.3) is 0 Å². The van der Waals surface area contributed by atoms with Crippen LogP contribution in [-0.2, 0) is 11.2 Å². The van der Waals surface area contributed by atoms with E-state index in [0.717, 1.165) is 38.6 Å². The molecule has 2 rings (SSSR count). The second-order valence-electron chi connectivity index (χ2n) is 4.82. The fourth-order valence-electron chi connectivity index (χ4n) is 2.64. The molecule has 0 saturated carbocycles. The largest absolute Gasteiger partial charge is 0.339 e. The average molecular weight is 231 g/mol. The quantitative estimate of drug-likeness (QED) is 0.762. The number of amides is 1. The lowest BCUT2D eigenvalue weighted by atomic mass is 10.0. The third-order valence-corrected chi connectivity index (χ3v) is 3.49. The van der Waals surface area contributed by atoms with Crippen LogP contribution in [0.2, 0.25) is 0 Å². The Hall–Kier alpha value is -1.31. The van der Waals surface area contributed by atoms with Crippen molar-refractivity contribution in [2.75, 3.05) is 6.54 Å². The van der Waals surface area contributed by atoms with Crippen molar-refractivity contribution in [3.63, 3.8) is 0 Å². The minimum absolute atomic E-state index is 0.347. The first-order valence-electron chi connectivity index (χ1n) is 6.64. The van der Waals surface area contributed by atoms with Crippen LogP contribution in [0.3, 0.4) is 0 Å². The molecule has 1 aliphatic rings. The summed E-state index contributed by atoms with van der Waals surface area (Å²) in [4.78, 5) is 13.9. The van der Waals surface area contributed by atoms with Gasteiger partial charge in [0.2, 0.25) is 5.91 Å². The van der Waals surface area contributed by atoms with Crippen LogP contribution in [0.1, 0.15) is 38.2 Å². The molecule has 1 aromatic rings. The van der Waals surface area contributed by atoms with Gasteiger partial charge in [-0.3, -0.25) is 4.79 Å². The molecule has 2 nitrogen and oxygen atoms in total. The Morgan fingerprint density at radius 3 is 2.65 bits per heavy atom. The summed E-state index contributed by atoms with van der Waals surface area (Å²) in [6.45, 7) is 3.15. The van der Waals surface area contributed by atoms with Gasteiger partial charge in [0.1, 0.15) is 0 Å². The number of carbonyl (C=O) groups is 1. The van der Waals surface area contributed by atoms with E-state index in [1.807, 2.05) is 6.07 Å². The van der Waals surface area contributed by atoms with Crippen LogP contribution in [0.25, 0.3) is 0 Å². The van der Waals surface area contributed by atoms with Crippen LogP contribution in [0, 0.1) is 0 Å². The van der Waals surface area contributed by atoms with E-state index >= 15 is 0 Å². The van der Waals surface area contributed by atoms with Gasteiger partial charge in [0.05, 0.1) is 0 Å². The summed E-state index contributed by atoms with van der Waals surface area (Å²) in [5.41, 5.74) is 1.34. The van der Waals surface area contributed by atoms with Gasteiger partial charge in [0.15, 0.2) is 0 Å². The van der Waals surface area contributed by atoms with E-state index in [0.29, 0.717) is 11.9 Å². The molecule has 1 heterocycles. The standard InChI is InChI=1S/C15H21NO/c1-2-7-14(16-11-6-10-15(16)17)12-13-8-4-3-5-9-13/h3-5,8-9,14H,2,6-7,10-12H2,1H3. The smallest absolute Gasteiger partial charge is 0.222 e. The van der Waals surface area contributed by atoms with Crippen LogP contribution >= 0.6 is 0 Å². The second kappa shape index (κ2) is 5.85. The van der Waals surface area contributed by atoms with E-state index in [1.54, 1.807) is 0 Å². The molecule has 1 atom stereocenters. The SMILES string of the molecule is CCCC(Cc1ccccc1)N1CCCC1=O. The van der Waals surface area contributed by atoms with Crippen LogP contribution < -0.4 is 0 Å². The maximum Gasteiger partial charge on any atom is 0.222 e. The fraction of sp³-hybridized carbons (Fsp3) is 0.533. The number of likely N-dealkylation sites (tertiary alicyclic amines) is 1. The predicted octanol–water partition coefficient (Wildman–Crippen LogP) is 3.02. The molecule has 1 unspecified atom stereocenters. The molecular weight excluding hydrogens is 210 g/mol. The highest BCUT2D eigenvalue weighted by molar-refractivity contribution is 5.78. The highest BCUT2D eigenvalue weighted by atomic mass is 16.2. The molecule has 0 aromatic heterocycles. The molecule has 92 valence electrons. The van der Waals surface area contributed by atoms with Gasteiger partial charge in [-0.1, -0.05) is 43.7 Å². The van der Waals surface area contributed by atoms with E-state index in [1.165, 1.54) is 5.56 Å². The Morgan fingerprint density at radius 2 is 2.06 bits per heavy atom. The van der Waals surface area contributed by atoms with Crippen molar-refractivity contribution in [1.82, 2.24) is 4.90 Å². The van der Waals surface area contributed by atoms with E-state index in [4.69, 9.17) is 0 Å². The molecule has 17 heavy (non-hydrogen) atoms. The van der Waals surface area contributed by atoms with Crippen LogP contribution in [0.15, 0.2) is 30.3 Å². The Labute approximate surface area is 104 Å². The molecule has 0 bridgehead atoms. The number of rotatable bonds is 5. The highest BCUT2D eigenvalue weighted by Gasteiger charge is 2.27. The number of carbonyl (C=O) groups excluding carboxylic acids is 1. The zero-order chi connectivity index (χ0) is 12.1. The summed E-state index contributed by atoms with van der Waals surface area (Å²) in [7, 11) is 0. The Bertz CT molecular complexity index is 360. The zero-order valence-corrected chi connectivity index (χ0v) is 10.6. The van der Waals surface area contributed by atoms with Crippen molar-refractivity contribution >= 4 is 5.91 Å². The molecule has 0 radical (unpaired) electrons. The molecule has 1 aliphatic heterocycles. The minimum atomic E-state index is 0.347. The van der Waals surface area contributed by atoms with Crippen molar-refractivity contribution in [3.05, 3.63) is 35.9 Å². The van der Waals surface area contributed by atoms with Crippen molar-refractivity contribution < 1.29 is 4.79 Å². The summed E-state index contributed by atoms with van der Waals surface area (Å²) in [5.74, 6) is 0.347. The summed E-state index contributed by atoms with van der Waals surface area (Å²) < 4.78 is 0. The Balaban J connectivity index is 2.04. The Morgan fingerprint density at radius 1 is 1.29 bits per heavy atom. The lowest BCUT2D eigenvalue weighted by molar-refractivity contribution is -0.129. The topological polar surface area (TPSA) is 20.3 Å². The number of hydrogen-bond donors (Lipinski definition) is 0. The van der Waals surface area contributed by atoms with Crippen LogP contribution in [0.5, 0.6) is 0 Å². The molecule has 0 spiro atoms. The molecular formula is C15H21NO. The van der Waals surface area contributed by atoms with Gasteiger partial charge < -0.3 is 4.90 Å². The molecule has 0 aliphatic carbocycles. The lowest BCUT2D eigenvalue weighted by Crippen LogP contribution is -2.37. The van der Waals surface area contributed by atoms with Crippen molar-refractivity contribution in [2.45, 2.75) is 45.1 Å². The van der Waals surface area contributed by atoms with E-state index < -0.39 is 0 Å². The third-order valence-electron chi connectivity index (χ3n) is 3.49. The average Bonchev–Trinajstić information content (AvgIpc) is 2.76. The Kier molecular flexibility index (Phi) is 4.18. The second-order valence-corrected chi connectivity index (χ2v) is 4.82. The first-order chi connectivity index (χ1) is 8.31. The summed E-state index contributed by atoms with van der Waals surface area (Å²) in [6, 6.07) is 10.9. The van der Waals surface area contributed by atoms with Gasteiger partial charge in [-0.25, -0.2) is 0 Å². The van der Waals surface area contributed by atoms with Crippen molar-refractivity contribution in [3.8, 4) is 0 Å². The molecule has 0 N–H and O–H groups in total. The maximum absolute atomic E-state index is 11.8. The first-order valence-corrected chi connectivity index (χ1v) is 6.64.